The Hall–Kier alpha value is -1.68. The Labute approximate surface area is 126 Å². The summed E-state index contributed by atoms with van der Waals surface area (Å²) in [7, 11) is 0. The molecule has 3 nitrogen and oxygen atoms in total. The van der Waals surface area contributed by atoms with Crippen molar-refractivity contribution >= 4 is 27.0 Å². The number of hydrogen-bond acceptors (Lipinski definition) is 2. The number of benzene rings is 1. The van der Waals surface area contributed by atoms with Crippen molar-refractivity contribution in [1.29, 1.82) is 0 Å². The molecule has 0 fully saturated rings. The summed E-state index contributed by atoms with van der Waals surface area (Å²) >= 11 is 3.57. The van der Waals surface area contributed by atoms with Gasteiger partial charge in [0.1, 0.15) is 11.5 Å². The molecule has 1 aromatic carbocycles. The number of nitrogens with one attached hydrogen (secondary N) is 1. The molecule has 3 rings (SSSR count). The summed E-state index contributed by atoms with van der Waals surface area (Å²) in [4.78, 5) is 12.2. The Morgan fingerprint density at radius 1 is 1.05 bits per heavy atom. The van der Waals surface area contributed by atoms with E-state index in [2.05, 4.69) is 62.1 Å². The van der Waals surface area contributed by atoms with E-state index in [1.54, 1.807) is 0 Å². The number of aromatic nitrogens is 3. The summed E-state index contributed by atoms with van der Waals surface area (Å²) in [5, 5.41) is 1.10. The minimum atomic E-state index is 0.811. The van der Waals surface area contributed by atoms with Crippen molar-refractivity contribution in [3.63, 3.8) is 0 Å². The molecule has 20 heavy (non-hydrogen) atoms. The lowest BCUT2D eigenvalue weighted by Crippen LogP contribution is -1.99. The third kappa shape index (κ3) is 2.61. The fourth-order valence-electron chi connectivity index (χ4n) is 2.39. The number of H-pyrrole nitrogens is 1. The molecule has 0 aliphatic rings. The van der Waals surface area contributed by atoms with Gasteiger partial charge in [-0.2, -0.15) is 0 Å². The fraction of sp³-hybridized carbons (Fsp3) is 0.250. The van der Waals surface area contributed by atoms with Crippen LogP contribution in [0, 0.1) is 13.8 Å². The van der Waals surface area contributed by atoms with E-state index >= 15 is 0 Å². The molecule has 2 heterocycles. The second-order valence-electron chi connectivity index (χ2n) is 5.06. The molecule has 0 bridgehead atoms. The Morgan fingerprint density at radius 2 is 1.80 bits per heavy atom. The van der Waals surface area contributed by atoms with Crippen LogP contribution < -0.4 is 0 Å². The van der Waals surface area contributed by atoms with Gasteiger partial charge in [-0.25, -0.2) is 9.97 Å². The number of halogens is 1. The largest absolute Gasteiger partial charge is 0.345 e. The van der Waals surface area contributed by atoms with Crippen molar-refractivity contribution in [1.82, 2.24) is 15.0 Å². The van der Waals surface area contributed by atoms with Crippen LogP contribution in [0.3, 0.4) is 0 Å². The second-order valence-corrected chi connectivity index (χ2v) is 5.92. The summed E-state index contributed by atoms with van der Waals surface area (Å²) in [5.41, 5.74) is 4.64. The lowest BCUT2D eigenvalue weighted by atomic mass is 10.1. The first-order chi connectivity index (χ1) is 9.63. The third-order valence-corrected chi connectivity index (χ3v) is 4.07. The molecule has 0 spiro atoms. The van der Waals surface area contributed by atoms with E-state index in [-0.39, 0.29) is 0 Å². The van der Waals surface area contributed by atoms with Crippen LogP contribution in [-0.2, 0) is 12.8 Å². The van der Waals surface area contributed by atoms with Gasteiger partial charge in [-0.1, -0.05) is 29.8 Å². The maximum atomic E-state index is 4.61. The smallest absolute Gasteiger partial charge is 0.142 e. The molecular formula is C16H16BrN3. The molecule has 0 amide bonds. The number of fused-ring (bicyclic) bond motifs is 1. The lowest BCUT2D eigenvalue weighted by Gasteiger charge is -2.05. The molecule has 0 atom stereocenters. The molecule has 0 unspecified atom stereocenters. The molecular weight excluding hydrogens is 314 g/mol. The highest BCUT2D eigenvalue weighted by molar-refractivity contribution is 9.10. The van der Waals surface area contributed by atoms with Crippen molar-refractivity contribution in [2.24, 2.45) is 0 Å². The van der Waals surface area contributed by atoms with E-state index in [0.717, 1.165) is 39.9 Å². The lowest BCUT2D eigenvalue weighted by molar-refractivity contribution is 0.898. The fourth-order valence-corrected chi connectivity index (χ4v) is 2.92. The van der Waals surface area contributed by atoms with Crippen molar-refractivity contribution in [2.45, 2.75) is 26.7 Å². The Balaban J connectivity index is 1.90. The minimum Gasteiger partial charge on any atom is -0.345 e. The van der Waals surface area contributed by atoms with Gasteiger partial charge in [0.2, 0.25) is 0 Å². The molecule has 0 radical (unpaired) electrons. The zero-order valence-electron chi connectivity index (χ0n) is 11.6. The highest BCUT2D eigenvalue weighted by atomic mass is 79.9. The van der Waals surface area contributed by atoms with Crippen LogP contribution in [0.25, 0.3) is 11.0 Å². The highest BCUT2D eigenvalue weighted by Crippen LogP contribution is 2.25. The van der Waals surface area contributed by atoms with E-state index in [1.165, 1.54) is 11.1 Å². The SMILES string of the molecule is Cc1ccc(CCc2nc(C)nc3[nH]cc(Br)c23)cc1. The summed E-state index contributed by atoms with van der Waals surface area (Å²) in [5.74, 6) is 0.811. The maximum absolute atomic E-state index is 4.61. The Morgan fingerprint density at radius 3 is 2.55 bits per heavy atom. The van der Waals surface area contributed by atoms with E-state index < -0.39 is 0 Å². The highest BCUT2D eigenvalue weighted by Gasteiger charge is 2.11. The minimum absolute atomic E-state index is 0.811. The summed E-state index contributed by atoms with van der Waals surface area (Å²) < 4.78 is 1.03. The second kappa shape index (κ2) is 5.37. The molecule has 4 heteroatoms. The molecule has 0 aliphatic carbocycles. The molecule has 102 valence electrons. The van der Waals surface area contributed by atoms with Crippen LogP contribution in [0.2, 0.25) is 0 Å². The molecule has 1 N–H and O–H groups in total. The van der Waals surface area contributed by atoms with Gasteiger partial charge in [-0.3, -0.25) is 0 Å². The van der Waals surface area contributed by atoms with Crippen LogP contribution in [0.1, 0.15) is 22.6 Å². The topological polar surface area (TPSA) is 41.6 Å². The molecule has 3 aromatic rings. The number of rotatable bonds is 3. The van der Waals surface area contributed by atoms with Gasteiger partial charge in [-0.15, -0.1) is 0 Å². The predicted octanol–water partition coefficient (Wildman–Crippen LogP) is 4.12. The quantitative estimate of drug-likeness (QED) is 0.785. The molecule has 0 aliphatic heterocycles. The predicted molar refractivity (Wildman–Crippen MR) is 84.9 cm³/mol. The van der Waals surface area contributed by atoms with Gasteiger partial charge in [0.05, 0.1) is 11.1 Å². The van der Waals surface area contributed by atoms with Crippen LogP contribution in [0.15, 0.2) is 34.9 Å². The van der Waals surface area contributed by atoms with E-state index in [9.17, 15) is 0 Å². The van der Waals surface area contributed by atoms with E-state index in [1.807, 2.05) is 13.1 Å². The number of aromatic amines is 1. The molecule has 0 saturated heterocycles. The van der Waals surface area contributed by atoms with Crippen molar-refractivity contribution in [3.05, 3.63) is 57.6 Å². The maximum Gasteiger partial charge on any atom is 0.142 e. The summed E-state index contributed by atoms with van der Waals surface area (Å²) in [6.07, 6.45) is 3.83. The van der Waals surface area contributed by atoms with Gasteiger partial charge < -0.3 is 4.98 Å². The first-order valence-corrected chi connectivity index (χ1v) is 7.48. The van der Waals surface area contributed by atoms with Gasteiger partial charge >= 0.3 is 0 Å². The summed E-state index contributed by atoms with van der Waals surface area (Å²) in [6.45, 7) is 4.04. The van der Waals surface area contributed by atoms with Gasteiger partial charge in [0, 0.05) is 10.7 Å². The monoisotopic (exact) mass is 329 g/mol. The summed E-state index contributed by atoms with van der Waals surface area (Å²) in [6, 6.07) is 8.68. The van der Waals surface area contributed by atoms with Gasteiger partial charge in [0.25, 0.3) is 0 Å². The average Bonchev–Trinajstić information content (AvgIpc) is 2.79. The average molecular weight is 330 g/mol. The number of aryl methyl sites for hydroxylation is 4. The Bertz CT molecular complexity index is 744. The van der Waals surface area contributed by atoms with Crippen LogP contribution in [0.4, 0.5) is 0 Å². The van der Waals surface area contributed by atoms with Crippen LogP contribution in [-0.4, -0.2) is 15.0 Å². The first-order valence-electron chi connectivity index (χ1n) is 6.69. The van der Waals surface area contributed by atoms with Crippen molar-refractivity contribution in [3.8, 4) is 0 Å². The third-order valence-electron chi connectivity index (χ3n) is 3.44. The van der Waals surface area contributed by atoms with E-state index in [4.69, 9.17) is 0 Å². The van der Waals surface area contributed by atoms with Crippen molar-refractivity contribution < 1.29 is 0 Å². The first kappa shape index (κ1) is 13.3. The standard InChI is InChI=1S/C16H16BrN3/c1-10-3-5-12(6-4-10)7-8-14-15-13(17)9-18-16(15)20-11(2)19-14/h3-6,9H,7-8H2,1-2H3,(H,18,19,20). The van der Waals surface area contributed by atoms with Gasteiger partial charge in [0.15, 0.2) is 0 Å². The normalized spacial score (nSPS) is 11.2. The zero-order chi connectivity index (χ0) is 14.1. The van der Waals surface area contributed by atoms with Gasteiger partial charge in [-0.05, 0) is 48.2 Å². The van der Waals surface area contributed by atoms with Crippen LogP contribution >= 0.6 is 15.9 Å². The Kier molecular flexibility index (Phi) is 3.57. The molecule has 0 saturated carbocycles. The van der Waals surface area contributed by atoms with Crippen molar-refractivity contribution in [2.75, 3.05) is 0 Å². The number of nitrogens with zero attached hydrogens (tertiary/aromatic N) is 2. The number of hydrogen-bond donors (Lipinski definition) is 1. The van der Waals surface area contributed by atoms with Crippen LogP contribution in [0.5, 0.6) is 0 Å². The zero-order valence-corrected chi connectivity index (χ0v) is 13.2. The van der Waals surface area contributed by atoms with E-state index in [0.29, 0.717) is 0 Å². The molecule has 2 aromatic heterocycles.